The summed E-state index contributed by atoms with van der Waals surface area (Å²) in [6.07, 6.45) is 2.45. The van der Waals surface area contributed by atoms with E-state index in [1.807, 2.05) is 18.2 Å². The lowest BCUT2D eigenvalue weighted by Gasteiger charge is -2.23. The molecule has 146 valence electrons. The number of ether oxygens (including phenoxy) is 1. The first-order valence-corrected chi connectivity index (χ1v) is 9.51. The van der Waals surface area contributed by atoms with Gasteiger partial charge < -0.3 is 4.74 Å². The number of amides is 1. The van der Waals surface area contributed by atoms with E-state index in [-0.39, 0.29) is 23.6 Å². The van der Waals surface area contributed by atoms with E-state index < -0.39 is 0 Å². The summed E-state index contributed by atoms with van der Waals surface area (Å²) in [5.41, 5.74) is 2.59. The number of halogens is 1. The molecule has 1 N–H and O–H groups in total. The molecule has 0 fully saturated rings. The topological polar surface area (TPSA) is 81.2 Å². The van der Waals surface area contributed by atoms with Crippen LogP contribution in [0.2, 0.25) is 5.02 Å². The van der Waals surface area contributed by atoms with E-state index in [1.165, 1.54) is 6.20 Å². The van der Waals surface area contributed by atoms with Crippen LogP contribution in [0.4, 0.5) is 5.95 Å². The molecule has 1 aliphatic carbocycles. The van der Waals surface area contributed by atoms with Gasteiger partial charge in [-0.3, -0.25) is 14.9 Å². The largest absolute Gasteiger partial charge is 0.497 e. The van der Waals surface area contributed by atoms with Crippen molar-refractivity contribution in [1.29, 1.82) is 0 Å². The highest BCUT2D eigenvalue weighted by Gasteiger charge is 2.28. The predicted molar refractivity (Wildman–Crippen MR) is 110 cm³/mol. The van der Waals surface area contributed by atoms with E-state index in [2.05, 4.69) is 15.3 Å². The smallest absolute Gasteiger partial charge is 0.258 e. The monoisotopic (exact) mass is 407 g/mol. The van der Waals surface area contributed by atoms with Gasteiger partial charge in [-0.1, -0.05) is 23.7 Å². The van der Waals surface area contributed by atoms with E-state index >= 15 is 0 Å². The molecule has 3 aromatic rings. The van der Waals surface area contributed by atoms with Crippen LogP contribution in [0.3, 0.4) is 0 Å². The number of benzene rings is 2. The Morgan fingerprint density at radius 1 is 1.17 bits per heavy atom. The van der Waals surface area contributed by atoms with Crippen molar-refractivity contribution in [3.8, 4) is 5.75 Å². The molecule has 1 unspecified atom stereocenters. The number of carbonyl (C=O) groups is 2. The summed E-state index contributed by atoms with van der Waals surface area (Å²) in [6.45, 7) is 0. The highest BCUT2D eigenvalue weighted by Crippen LogP contribution is 2.33. The van der Waals surface area contributed by atoms with Crippen LogP contribution < -0.4 is 10.1 Å². The van der Waals surface area contributed by atoms with Crippen molar-refractivity contribution >= 4 is 29.2 Å². The Labute approximate surface area is 172 Å². The van der Waals surface area contributed by atoms with E-state index in [4.69, 9.17) is 16.3 Å². The summed E-state index contributed by atoms with van der Waals surface area (Å²) in [5.74, 6) is 0.486. The maximum atomic E-state index is 12.6. The molecule has 0 bridgehead atoms. The molecule has 0 saturated heterocycles. The first-order valence-electron chi connectivity index (χ1n) is 9.13. The SMILES string of the molecule is COc1ccc(C(=O)Nc2ncc3c(n2)CC(c2cccc(Cl)c2)CC3=O)cc1. The lowest BCUT2D eigenvalue weighted by molar-refractivity contribution is 0.0962. The number of aromatic nitrogens is 2. The Bertz CT molecular complexity index is 1080. The minimum Gasteiger partial charge on any atom is -0.497 e. The second kappa shape index (κ2) is 8.01. The Morgan fingerprint density at radius 2 is 1.97 bits per heavy atom. The summed E-state index contributed by atoms with van der Waals surface area (Å²) in [6, 6.07) is 14.2. The second-order valence-corrected chi connectivity index (χ2v) is 7.26. The van der Waals surface area contributed by atoms with Crippen molar-refractivity contribution < 1.29 is 14.3 Å². The fourth-order valence-corrected chi connectivity index (χ4v) is 3.62. The number of hydrogen-bond donors (Lipinski definition) is 1. The minimum atomic E-state index is -0.332. The predicted octanol–water partition coefficient (Wildman–Crippen LogP) is 4.30. The minimum absolute atomic E-state index is 0.00580. The molecule has 1 atom stereocenters. The highest BCUT2D eigenvalue weighted by molar-refractivity contribution is 6.30. The fourth-order valence-electron chi connectivity index (χ4n) is 3.42. The fraction of sp³-hybridized carbons (Fsp3) is 0.182. The number of ketones is 1. The van der Waals surface area contributed by atoms with Gasteiger partial charge in [-0.25, -0.2) is 9.97 Å². The number of nitrogens with zero attached hydrogens (tertiary/aromatic N) is 2. The number of anilines is 1. The molecule has 29 heavy (non-hydrogen) atoms. The second-order valence-electron chi connectivity index (χ2n) is 6.82. The van der Waals surface area contributed by atoms with Gasteiger partial charge in [0.05, 0.1) is 18.4 Å². The van der Waals surface area contributed by atoms with Crippen molar-refractivity contribution in [2.75, 3.05) is 12.4 Å². The third-order valence-electron chi connectivity index (χ3n) is 4.94. The number of hydrogen-bond acceptors (Lipinski definition) is 5. The van der Waals surface area contributed by atoms with Crippen molar-refractivity contribution in [2.24, 2.45) is 0 Å². The van der Waals surface area contributed by atoms with E-state index in [1.54, 1.807) is 37.4 Å². The van der Waals surface area contributed by atoms with Gasteiger partial charge in [0.15, 0.2) is 5.78 Å². The number of Topliss-reactive ketones (excluding diaryl/α,β-unsaturated/α-hetero) is 1. The molecule has 1 heterocycles. The van der Waals surface area contributed by atoms with Gasteiger partial charge in [0.2, 0.25) is 5.95 Å². The van der Waals surface area contributed by atoms with Crippen LogP contribution in [0.5, 0.6) is 5.75 Å². The third-order valence-corrected chi connectivity index (χ3v) is 5.17. The lowest BCUT2D eigenvalue weighted by Crippen LogP contribution is -2.22. The molecule has 6 nitrogen and oxygen atoms in total. The molecule has 0 radical (unpaired) electrons. The molecular weight excluding hydrogens is 390 g/mol. The van der Waals surface area contributed by atoms with Crippen LogP contribution >= 0.6 is 11.6 Å². The molecule has 2 aromatic carbocycles. The van der Waals surface area contributed by atoms with Crippen LogP contribution in [0.1, 0.15) is 44.3 Å². The maximum Gasteiger partial charge on any atom is 0.258 e. The van der Waals surface area contributed by atoms with Crippen LogP contribution in [0.15, 0.2) is 54.7 Å². The van der Waals surface area contributed by atoms with Crippen molar-refractivity contribution in [2.45, 2.75) is 18.8 Å². The highest BCUT2D eigenvalue weighted by atomic mass is 35.5. The molecule has 1 amide bonds. The normalized spacial score (nSPS) is 15.5. The maximum absolute atomic E-state index is 12.6. The first kappa shape index (κ1) is 19.1. The molecular formula is C22H18ClN3O3. The summed E-state index contributed by atoms with van der Waals surface area (Å²) in [4.78, 5) is 33.6. The average Bonchev–Trinajstić information content (AvgIpc) is 2.73. The van der Waals surface area contributed by atoms with Gasteiger partial charge >= 0.3 is 0 Å². The Kier molecular flexibility index (Phi) is 5.27. The number of rotatable bonds is 4. The van der Waals surface area contributed by atoms with Crippen LogP contribution in [0.25, 0.3) is 0 Å². The van der Waals surface area contributed by atoms with Gasteiger partial charge in [-0.2, -0.15) is 0 Å². The zero-order chi connectivity index (χ0) is 20.4. The number of fused-ring (bicyclic) bond motifs is 1. The zero-order valence-electron chi connectivity index (χ0n) is 15.7. The Balaban J connectivity index is 1.55. The van der Waals surface area contributed by atoms with Crippen molar-refractivity contribution in [3.05, 3.63) is 82.1 Å². The summed E-state index contributed by atoms with van der Waals surface area (Å²) >= 11 is 6.09. The van der Waals surface area contributed by atoms with Crippen LogP contribution in [-0.2, 0) is 6.42 Å². The standard InChI is InChI=1S/C22H18ClN3O3/c1-29-17-7-5-13(6-8-17)21(28)26-22-24-12-18-19(25-22)10-15(11-20(18)27)14-3-2-4-16(23)9-14/h2-9,12,15H,10-11H2,1H3,(H,24,25,26,28). The number of methoxy groups -OCH3 is 1. The van der Waals surface area contributed by atoms with Crippen molar-refractivity contribution in [1.82, 2.24) is 9.97 Å². The Morgan fingerprint density at radius 3 is 2.69 bits per heavy atom. The zero-order valence-corrected chi connectivity index (χ0v) is 16.4. The quantitative estimate of drug-likeness (QED) is 0.697. The molecule has 7 heteroatoms. The first-order chi connectivity index (χ1) is 14.0. The number of nitrogens with one attached hydrogen (secondary N) is 1. The summed E-state index contributed by atoms with van der Waals surface area (Å²) < 4.78 is 5.10. The third kappa shape index (κ3) is 4.12. The van der Waals surface area contributed by atoms with Gasteiger partial charge in [-0.15, -0.1) is 0 Å². The Hall–Kier alpha value is -3.25. The summed E-state index contributed by atoms with van der Waals surface area (Å²) in [7, 11) is 1.56. The summed E-state index contributed by atoms with van der Waals surface area (Å²) in [5, 5.41) is 3.33. The lowest BCUT2D eigenvalue weighted by atomic mass is 9.82. The average molecular weight is 408 g/mol. The molecule has 0 aliphatic heterocycles. The van der Waals surface area contributed by atoms with Crippen LogP contribution in [-0.4, -0.2) is 28.8 Å². The molecule has 0 saturated carbocycles. The number of carbonyl (C=O) groups excluding carboxylic acids is 2. The van der Waals surface area contributed by atoms with Gasteiger partial charge in [0.25, 0.3) is 5.91 Å². The molecule has 1 aliphatic rings. The van der Waals surface area contributed by atoms with Crippen LogP contribution in [0, 0.1) is 0 Å². The van der Waals surface area contributed by atoms with E-state index in [0.29, 0.717) is 40.4 Å². The van der Waals surface area contributed by atoms with E-state index in [9.17, 15) is 9.59 Å². The van der Waals surface area contributed by atoms with Gasteiger partial charge in [0, 0.05) is 23.2 Å². The van der Waals surface area contributed by atoms with Crippen molar-refractivity contribution in [3.63, 3.8) is 0 Å². The van der Waals surface area contributed by atoms with Gasteiger partial charge in [-0.05, 0) is 54.3 Å². The van der Waals surface area contributed by atoms with E-state index in [0.717, 1.165) is 5.56 Å². The van der Waals surface area contributed by atoms with Gasteiger partial charge in [0.1, 0.15) is 5.75 Å². The molecule has 1 aromatic heterocycles. The molecule has 0 spiro atoms. The molecule has 4 rings (SSSR count).